The summed E-state index contributed by atoms with van der Waals surface area (Å²) in [4.78, 5) is 7.84. The summed E-state index contributed by atoms with van der Waals surface area (Å²) in [6.45, 7) is 0. The van der Waals surface area contributed by atoms with E-state index in [1.807, 2.05) is 0 Å². The molecule has 0 radical (unpaired) electrons. The Morgan fingerprint density at radius 1 is 1.24 bits per heavy atom. The minimum Gasteiger partial charge on any atom is -0.437 e. The number of nitrogens with one attached hydrogen (secondary N) is 1. The van der Waals surface area contributed by atoms with Gasteiger partial charge in [0, 0.05) is 12.3 Å². The average molecular weight is 271 g/mol. The maximum Gasteiger partial charge on any atom is 0.240 e. The van der Waals surface area contributed by atoms with Crippen LogP contribution in [-0.2, 0) is 0 Å². The summed E-state index contributed by atoms with van der Waals surface area (Å²) in [5, 5.41) is 0.741. The van der Waals surface area contributed by atoms with Gasteiger partial charge in [-0.15, -0.1) is 0 Å². The molecule has 0 aliphatic carbocycles. The van der Waals surface area contributed by atoms with Gasteiger partial charge >= 0.3 is 0 Å². The molecule has 0 unspecified atom stereocenters. The Hall–Kier alpha value is -1.56. The van der Waals surface area contributed by atoms with Gasteiger partial charge < -0.3 is 4.74 Å². The lowest BCUT2D eigenvalue weighted by molar-refractivity contribution is 0.462. The van der Waals surface area contributed by atoms with E-state index in [0.29, 0.717) is 21.7 Å². The number of benzene rings is 1. The third kappa shape index (κ3) is 2.76. The van der Waals surface area contributed by atoms with E-state index in [1.165, 1.54) is 6.20 Å². The average Bonchev–Trinajstić information content (AvgIpc) is 2.35. The second-order valence-electron chi connectivity index (χ2n) is 3.02. The third-order valence-corrected chi connectivity index (χ3v) is 2.69. The summed E-state index contributed by atoms with van der Waals surface area (Å²) in [7, 11) is 0. The molecular formula is C10H8Cl2N4O. The molecule has 5 nitrogen and oxygen atoms in total. The van der Waals surface area contributed by atoms with E-state index in [1.54, 1.807) is 24.3 Å². The molecule has 0 spiro atoms. The summed E-state index contributed by atoms with van der Waals surface area (Å²) in [5.41, 5.74) is 2.32. The first-order chi connectivity index (χ1) is 8.20. The fourth-order valence-corrected chi connectivity index (χ4v) is 1.47. The zero-order chi connectivity index (χ0) is 12.3. The maximum absolute atomic E-state index is 5.98. The molecule has 2 aromatic rings. The van der Waals surface area contributed by atoms with Crippen molar-refractivity contribution in [3.05, 3.63) is 40.5 Å². The first kappa shape index (κ1) is 11.9. The lowest BCUT2D eigenvalue weighted by Crippen LogP contribution is -2.10. The molecule has 1 aromatic carbocycles. The topological polar surface area (TPSA) is 73.1 Å². The van der Waals surface area contributed by atoms with Crippen molar-refractivity contribution in [1.82, 2.24) is 9.97 Å². The number of hydrogen-bond donors (Lipinski definition) is 2. The van der Waals surface area contributed by atoms with Crippen LogP contribution in [0, 0.1) is 0 Å². The molecule has 0 aliphatic rings. The van der Waals surface area contributed by atoms with E-state index in [4.69, 9.17) is 33.8 Å². The smallest absolute Gasteiger partial charge is 0.240 e. The van der Waals surface area contributed by atoms with Crippen LogP contribution in [0.15, 0.2) is 30.5 Å². The number of nitrogens with two attached hydrogens (primary N) is 1. The first-order valence-electron chi connectivity index (χ1n) is 4.62. The van der Waals surface area contributed by atoms with Gasteiger partial charge in [-0.2, -0.15) is 4.98 Å². The van der Waals surface area contributed by atoms with Gasteiger partial charge in [0.25, 0.3) is 0 Å². The highest BCUT2D eigenvalue weighted by Crippen LogP contribution is 2.33. The Morgan fingerprint density at radius 2 is 2.06 bits per heavy atom. The number of nitrogens with zero attached hydrogens (tertiary/aromatic N) is 2. The summed E-state index contributed by atoms with van der Waals surface area (Å²) in [6, 6.07) is 6.67. The molecule has 0 bridgehead atoms. The van der Waals surface area contributed by atoms with Crippen LogP contribution in [-0.4, -0.2) is 9.97 Å². The molecule has 0 fully saturated rings. The number of rotatable bonds is 3. The molecule has 0 amide bonds. The predicted octanol–water partition coefficient (Wildman–Crippen LogP) is 2.86. The Morgan fingerprint density at radius 3 is 2.82 bits per heavy atom. The van der Waals surface area contributed by atoms with Crippen LogP contribution in [0.2, 0.25) is 10.0 Å². The van der Waals surface area contributed by atoms with Crippen LogP contribution in [0.4, 0.5) is 5.95 Å². The third-order valence-electron chi connectivity index (χ3n) is 1.89. The van der Waals surface area contributed by atoms with Crippen molar-refractivity contribution in [2.75, 3.05) is 5.43 Å². The predicted molar refractivity (Wildman–Crippen MR) is 66.4 cm³/mol. The highest BCUT2D eigenvalue weighted by atomic mass is 35.5. The van der Waals surface area contributed by atoms with E-state index in [2.05, 4.69) is 15.4 Å². The number of anilines is 1. The molecule has 0 aliphatic heterocycles. The molecule has 1 aromatic heterocycles. The number of hydrogen-bond acceptors (Lipinski definition) is 5. The van der Waals surface area contributed by atoms with Crippen LogP contribution >= 0.6 is 23.2 Å². The largest absolute Gasteiger partial charge is 0.437 e. The van der Waals surface area contributed by atoms with Crippen LogP contribution in [0.5, 0.6) is 11.6 Å². The quantitative estimate of drug-likeness (QED) is 0.663. The van der Waals surface area contributed by atoms with E-state index < -0.39 is 0 Å². The Balaban J connectivity index is 2.28. The zero-order valence-corrected chi connectivity index (χ0v) is 10.0. The van der Waals surface area contributed by atoms with Gasteiger partial charge in [-0.05, 0) is 12.1 Å². The molecule has 17 heavy (non-hydrogen) atoms. The van der Waals surface area contributed by atoms with Crippen molar-refractivity contribution in [2.45, 2.75) is 0 Å². The van der Waals surface area contributed by atoms with Gasteiger partial charge in [0.2, 0.25) is 11.8 Å². The van der Waals surface area contributed by atoms with Crippen molar-refractivity contribution < 1.29 is 4.74 Å². The van der Waals surface area contributed by atoms with Crippen molar-refractivity contribution in [3.63, 3.8) is 0 Å². The van der Waals surface area contributed by atoms with Crippen molar-refractivity contribution in [1.29, 1.82) is 0 Å². The summed E-state index contributed by atoms with van der Waals surface area (Å²) < 4.78 is 5.47. The number of halogens is 2. The molecule has 3 N–H and O–H groups in total. The minimum absolute atomic E-state index is 0.251. The summed E-state index contributed by atoms with van der Waals surface area (Å²) >= 11 is 11.8. The highest BCUT2D eigenvalue weighted by Gasteiger charge is 2.07. The van der Waals surface area contributed by atoms with Crippen molar-refractivity contribution in [3.8, 4) is 11.6 Å². The maximum atomic E-state index is 5.98. The van der Waals surface area contributed by atoms with E-state index in [9.17, 15) is 0 Å². The molecule has 0 saturated carbocycles. The van der Waals surface area contributed by atoms with Gasteiger partial charge in [0.15, 0.2) is 0 Å². The molecule has 0 saturated heterocycles. The molecular weight excluding hydrogens is 263 g/mol. The number of hydrazine groups is 1. The monoisotopic (exact) mass is 270 g/mol. The minimum atomic E-state index is 0.251. The zero-order valence-electron chi connectivity index (χ0n) is 8.52. The van der Waals surface area contributed by atoms with Gasteiger partial charge in [-0.3, -0.25) is 5.43 Å². The molecule has 0 atom stereocenters. The Bertz CT molecular complexity index is 535. The van der Waals surface area contributed by atoms with Crippen LogP contribution in [0.1, 0.15) is 0 Å². The normalized spacial score (nSPS) is 10.1. The fraction of sp³-hybridized carbons (Fsp3) is 0. The fourth-order valence-electron chi connectivity index (χ4n) is 1.14. The summed E-state index contributed by atoms with van der Waals surface area (Å²) in [5.74, 6) is 6.17. The Labute approximate surface area is 108 Å². The van der Waals surface area contributed by atoms with Gasteiger partial charge in [-0.25, -0.2) is 10.8 Å². The van der Waals surface area contributed by atoms with E-state index in [-0.39, 0.29) is 5.95 Å². The summed E-state index contributed by atoms with van der Waals surface area (Å²) in [6.07, 6.45) is 1.51. The molecule has 88 valence electrons. The standard InChI is InChI=1S/C10H8Cl2N4O/c11-6-2-1-3-7(9(6)12)17-8-4-5-14-10(15-8)16-13/h1-5H,13H2,(H,14,15,16). The molecule has 7 heteroatoms. The Kier molecular flexibility index (Phi) is 3.63. The van der Waals surface area contributed by atoms with Gasteiger partial charge in [0.1, 0.15) is 10.8 Å². The van der Waals surface area contributed by atoms with Crippen LogP contribution in [0.3, 0.4) is 0 Å². The van der Waals surface area contributed by atoms with Crippen molar-refractivity contribution >= 4 is 29.2 Å². The second-order valence-corrected chi connectivity index (χ2v) is 3.80. The van der Waals surface area contributed by atoms with Crippen LogP contribution < -0.4 is 16.0 Å². The highest BCUT2D eigenvalue weighted by molar-refractivity contribution is 6.42. The van der Waals surface area contributed by atoms with Gasteiger partial charge in [-0.1, -0.05) is 29.3 Å². The second kappa shape index (κ2) is 5.18. The SMILES string of the molecule is NNc1nccc(Oc2cccc(Cl)c2Cl)n1. The number of ether oxygens (including phenoxy) is 1. The van der Waals surface area contributed by atoms with E-state index >= 15 is 0 Å². The van der Waals surface area contributed by atoms with Gasteiger partial charge in [0.05, 0.1) is 5.02 Å². The lowest BCUT2D eigenvalue weighted by atomic mass is 10.3. The van der Waals surface area contributed by atoms with E-state index in [0.717, 1.165) is 0 Å². The lowest BCUT2D eigenvalue weighted by Gasteiger charge is -2.07. The number of nitrogen functional groups attached to an aromatic ring is 1. The first-order valence-corrected chi connectivity index (χ1v) is 5.38. The van der Waals surface area contributed by atoms with Crippen molar-refractivity contribution in [2.24, 2.45) is 5.84 Å². The number of aromatic nitrogens is 2. The molecule has 1 heterocycles. The molecule has 2 rings (SSSR count). The van der Waals surface area contributed by atoms with Crippen LogP contribution in [0.25, 0.3) is 0 Å².